The first-order chi connectivity index (χ1) is 19.2. The third kappa shape index (κ3) is 23.1. The first-order valence-electron chi connectivity index (χ1n) is 15.3. The number of hydrogen-bond acceptors (Lipinski definition) is 2. The fourth-order valence-corrected chi connectivity index (χ4v) is 4.27. The van der Waals surface area contributed by atoms with E-state index < -0.39 is 0 Å². The Balaban J connectivity index is 0. The maximum Gasteiger partial charge on any atom is 0.243 e. The number of nitrogens with two attached hydrogens (primary N) is 2. The zero-order chi connectivity index (χ0) is 28.4. The van der Waals surface area contributed by atoms with Crippen LogP contribution in [0.15, 0.2) is 42.4 Å². The van der Waals surface area contributed by atoms with Crippen LogP contribution in [0, 0.1) is 0 Å². The molecular formula is C29H58Cl4N8+2. The highest BCUT2D eigenvalue weighted by Gasteiger charge is 2.06. The second kappa shape index (κ2) is 30.4. The zero-order valence-electron chi connectivity index (χ0n) is 25.8. The normalized spacial score (nSPS) is 11.7. The van der Waals surface area contributed by atoms with Crippen molar-refractivity contribution in [3.05, 3.63) is 37.4 Å². The van der Waals surface area contributed by atoms with Gasteiger partial charge in [0.25, 0.3) is 0 Å². The van der Waals surface area contributed by atoms with Gasteiger partial charge in [-0.25, -0.2) is 18.3 Å². The molecule has 0 saturated heterocycles. The topological polar surface area (TPSA) is 66.4 Å². The Morgan fingerprint density at radius 1 is 0.707 bits per heavy atom. The van der Waals surface area contributed by atoms with Crippen molar-refractivity contribution in [2.45, 2.75) is 85.5 Å². The summed E-state index contributed by atoms with van der Waals surface area (Å²) in [4.78, 5) is 6.40. The van der Waals surface area contributed by atoms with E-state index >= 15 is 0 Å². The third-order valence-electron chi connectivity index (χ3n) is 6.40. The lowest BCUT2D eigenvalue weighted by Gasteiger charge is -2.11. The standard InChI is InChI=1S/C18H33N5.C7H14N2.C4H9Cl2N.2ClH/c1-3-5-9-20-13-15-22(17-20)11-7-19-8-12-23-16-14-21(18-23)10-6-4-2;1-2-3-5-9-6-4-8-7-9;5-1-3-7-4-2-6;;/h13-19H,3-12H2,1-2H3;7H,2-6H2,1H3;7H,1-4H2;2*1H/q+2;;;;. The molecule has 4 N–H and O–H groups in total. The fraction of sp³-hybridized carbons (Fsp3) is 0.759. The molecule has 0 spiro atoms. The van der Waals surface area contributed by atoms with Crippen LogP contribution in [0.2, 0.25) is 0 Å². The summed E-state index contributed by atoms with van der Waals surface area (Å²) in [5.74, 6) is 1.44. The molecule has 0 aliphatic carbocycles. The molecule has 8 nitrogen and oxygen atoms in total. The van der Waals surface area contributed by atoms with Crippen molar-refractivity contribution in [1.82, 2.24) is 14.0 Å². The first-order valence-corrected chi connectivity index (χ1v) is 16.3. The van der Waals surface area contributed by atoms with Crippen molar-refractivity contribution in [3.63, 3.8) is 0 Å². The molecule has 0 radical (unpaired) electrons. The Morgan fingerprint density at radius 3 is 1.61 bits per heavy atom. The quantitative estimate of drug-likeness (QED) is 0.0900. The molecule has 240 valence electrons. The number of rotatable bonds is 19. The number of alkyl halides is 2. The minimum Gasteiger partial charge on any atom is -1.00 e. The van der Waals surface area contributed by atoms with E-state index in [0.717, 1.165) is 77.2 Å². The molecule has 0 bridgehead atoms. The van der Waals surface area contributed by atoms with Gasteiger partial charge in [-0.1, -0.05) is 40.0 Å². The SMILES string of the molecule is CCCCN1C=NCC1.CCCC[n+]1ccn(CC[NH2+]CCn2cc[n+](CCCC)c2)c1.ClCC[NH2+]CCCl.[Cl-].[Cl-]. The Morgan fingerprint density at radius 2 is 1.20 bits per heavy atom. The summed E-state index contributed by atoms with van der Waals surface area (Å²) >= 11 is 10.7. The molecule has 1 aliphatic heterocycles. The van der Waals surface area contributed by atoms with E-state index in [1.165, 1.54) is 45.1 Å². The van der Waals surface area contributed by atoms with Gasteiger partial charge in [-0.05, 0) is 19.3 Å². The largest absolute Gasteiger partial charge is 1.00 e. The van der Waals surface area contributed by atoms with Gasteiger partial charge in [0.1, 0.15) is 51.0 Å². The van der Waals surface area contributed by atoms with Crippen molar-refractivity contribution in [2.24, 2.45) is 4.99 Å². The Hall–Kier alpha value is -1.03. The number of nitrogens with zero attached hydrogens (tertiary/aromatic N) is 6. The van der Waals surface area contributed by atoms with Crippen LogP contribution >= 0.6 is 23.2 Å². The molecule has 0 fully saturated rings. The van der Waals surface area contributed by atoms with Crippen LogP contribution in [0.1, 0.15) is 59.3 Å². The minimum atomic E-state index is 0. The van der Waals surface area contributed by atoms with Crippen LogP contribution in [0.3, 0.4) is 0 Å². The predicted molar refractivity (Wildman–Crippen MR) is 164 cm³/mol. The highest BCUT2D eigenvalue weighted by molar-refractivity contribution is 6.18. The summed E-state index contributed by atoms with van der Waals surface area (Å²) in [5, 5.41) is 4.51. The molecule has 2 aromatic rings. The van der Waals surface area contributed by atoms with Gasteiger partial charge in [0, 0.05) is 13.1 Å². The summed E-state index contributed by atoms with van der Waals surface area (Å²) < 4.78 is 9.16. The number of imidazole rings is 2. The average molecular weight is 661 g/mol. The number of aryl methyl sites for hydroxylation is 2. The van der Waals surface area contributed by atoms with Gasteiger partial charge in [-0.15, -0.1) is 23.2 Å². The molecule has 0 saturated carbocycles. The van der Waals surface area contributed by atoms with Gasteiger partial charge in [-0.3, -0.25) is 4.99 Å². The van der Waals surface area contributed by atoms with Gasteiger partial charge in [-0.2, -0.15) is 0 Å². The molecule has 0 aromatic carbocycles. The van der Waals surface area contributed by atoms with Crippen LogP contribution in [0.4, 0.5) is 0 Å². The molecule has 2 aromatic heterocycles. The van der Waals surface area contributed by atoms with Crippen molar-refractivity contribution in [2.75, 3.05) is 57.6 Å². The van der Waals surface area contributed by atoms with E-state index in [1.807, 2.05) is 6.34 Å². The molecule has 12 heteroatoms. The lowest BCUT2D eigenvalue weighted by molar-refractivity contribution is -0.697. The number of quaternary nitrogens is 2. The van der Waals surface area contributed by atoms with E-state index in [1.54, 1.807) is 0 Å². The molecule has 1 aliphatic rings. The van der Waals surface area contributed by atoms with Crippen molar-refractivity contribution >= 4 is 29.5 Å². The number of aromatic nitrogens is 4. The van der Waals surface area contributed by atoms with Crippen LogP contribution in [0.5, 0.6) is 0 Å². The molecule has 3 rings (SSSR count). The van der Waals surface area contributed by atoms with Crippen LogP contribution in [-0.2, 0) is 26.2 Å². The third-order valence-corrected chi connectivity index (χ3v) is 6.84. The van der Waals surface area contributed by atoms with Gasteiger partial charge in [0.15, 0.2) is 0 Å². The lowest BCUT2D eigenvalue weighted by atomic mass is 10.3. The highest BCUT2D eigenvalue weighted by Crippen LogP contribution is 1.96. The second-order valence-electron chi connectivity index (χ2n) is 10.0. The Labute approximate surface area is 272 Å². The molecular weight excluding hydrogens is 602 g/mol. The average Bonchev–Trinajstić information content (AvgIpc) is 3.73. The van der Waals surface area contributed by atoms with E-state index in [4.69, 9.17) is 23.2 Å². The summed E-state index contributed by atoms with van der Waals surface area (Å²) in [6.07, 6.45) is 22.8. The first kappa shape index (κ1) is 42.1. The lowest BCUT2D eigenvalue weighted by Crippen LogP contribution is -3.00. The Bertz CT molecular complexity index is 779. The fourth-order valence-electron chi connectivity index (χ4n) is 3.96. The summed E-state index contributed by atoms with van der Waals surface area (Å²) in [5.41, 5.74) is 0. The summed E-state index contributed by atoms with van der Waals surface area (Å²) in [7, 11) is 0. The molecule has 41 heavy (non-hydrogen) atoms. The highest BCUT2D eigenvalue weighted by atomic mass is 35.5. The van der Waals surface area contributed by atoms with Crippen LogP contribution < -0.4 is 44.6 Å². The number of aliphatic imine (C=N–C) groups is 1. The van der Waals surface area contributed by atoms with Crippen LogP contribution in [-0.4, -0.2) is 77.9 Å². The van der Waals surface area contributed by atoms with Gasteiger partial charge >= 0.3 is 0 Å². The monoisotopic (exact) mass is 658 g/mol. The molecule has 0 atom stereocenters. The van der Waals surface area contributed by atoms with Crippen LogP contribution in [0.25, 0.3) is 0 Å². The number of hydrogen-bond donors (Lipinski definition) is 2. The van der Waals surface area contributed by atoms with Crippen molar-refractivity contribution in [3.8, 4) is 0 Å². The summed E-state index contributed by atoms with van der Waals surface area (Å²) in [6, 6.07) is 0. The van der Waals surface area contributed by atoms with E-state index in [0.29, 0.717) is 0 Å². The van der Waals surface area contributed by atoms with Gasteiger partial charge < -0.3 is 40.3 Å². The predicted octanol–water partition coefficient (Wildman–Crippen LogP) is -4.11. The number of unbranched alkanes of at least 4 members (excludes halogenated alkanes) is 3. The van der Waals surface area contributed by atoms with Crippen molar-refractivity contribution < 1.29 is 44.6 Å². The van der Waals surface area contributed by atoms with Gasteiger partial charge in [0.05, 0.1) is 50.8 Å². The van der Waals surface area contributed by atoms with Gasteiger partial charge in [0.2, 0.25) is 12.7 Å². The maximum atomic E-state index is 5.36. The minimum absolute atomic E-state index is 0. The maximum absolute atomic E-state index is 5.36. The second-order valence-corrected chi connectivity index (χ2v) is 10.8. The van der Waals surface area contributed by atoms with E-state index in [2.05, 4.69) is 97.0 Å². The van der Waals surface area contributed by atoms with E-state index in [9.17, 15) is 0 Å². The molecule has 0 unspecified atom stereocenters. The number of halogens is 4. The zero-order valence-corrected chi connectivity index (χ0v) is 28.9. The summed E-state index contributed by atoms with van der Waals surface area (Å²) in [6.45, 7) is 18.7. The van der Waals surface area contributed by atoms with E-state index in [-0.39, 0.29) is 24.8 Å². The molecule has 0 amide bonds. The Kier molecular flexibility index (Phi) is 31.2. The smallest absolute Gasteiger partial charge is 0.243 e. The van der Waals surface area contributed by atoms with Crippen molar-refractivity contribution in [1.29, 1.82) is 0 Å². The molecule has 3 heterocycles.